The molecule has 0 saturated heterocycles. The summed E-state index contributed by atoms with van der Waals surface area (Å²) in [5.74, 6) is 0. The fourth-order valence-corrected chi connectivity index (χ4v) is 0.300. The second-order valence-electron chi connectivity index (χ2n) is 3.18. The summed E-state index contributed by atoms with van der Waals surface area (Å²) in [4.78, 5) is 25.6. The van der Waals surface area contributed by atoms with E-state index < -0.39 is 7.82 Å². The van der Waals surface area contributed by atoms with Gasteiger partial charge in [-0.15, -0.1) is 0 Å². The number of hydrogen-bond donors (Lipinski definition) is 1. The maximum Gasteiger partial charge on any atom is 2.00 e. The van der Waals surface area contributed by atoms with Crippen LogP contribution in [0.25, 0.3) is 0 Å². The third-order valence-corrected chi connectivity index (χ3v) is 0.771. The van der Waals surface area contributed by atoms with Crippen molar-refractivity contribution in [2.75, 3.05) is 34.3 Å². The van der Waals surface area contributed by atoms with Gasteiger partial charge in [0.1, 0.15) is 6.54 Å². The molecule has 0 unspecified atom stereocenters. The molecular weight excluding hydrogens is 241 g/mol. The summed E-state index contributed by atoms with van der Waals surface area (Å²) in [7, 11) is 0.767. The van der Waals surface area contributed by atoms with Gasteiger partial charge < -0.3 is 34.3 Å². The maximum atomic E-state index is 8.55. The van der Waals surface area contributed by atoms with Crippen LogP contribution in [0.5, 0.6) is 0 Å². The van der Waals surface area contributed by atoms with Crippen molar-refractivity contribution in [3.05, 3.63) is 0 Å². The van der Waals surface area contributed by atoms with Crippen molar-refractivity contribution in [3.8, 4) is 0 Å². The van der Waals surface area contributed by atoms with E-state index in [1.807, 2.05) is 0 Å². The van der Waals surface area contributed by atoms with Crippen LogP contribution in [-0.2, 0) is 4.57 Å². The average Bonchev–Trinajstić information content (AvgIpc) is 1.54. The fraction of sp³-hybridized carbons (Fsp3) is 1.00. The molecule has 0 saturated carbocycles. The Morgan fingerprint density at radius 3 is 1.43 bits per heavy atom. The molecule has 84 valence electrons. The van der Waals surface area contributed by atoms with Gasteiger partial charge in [-0.1, -0.05) is 0 Å². The molecule has 0 fully saturated rings. The summed E-state index contributed by atoms with van der Waals surface area (Å²) in [6, 6.07) is 0. The monoisotopic (exact) mass is 257 g/mol. The van der Waals surface area contributed by atoms with E-state index in [-0.39, 0.29) is 49.8 Å². The van der Waals surface area contributed by atoms with Crippen molar-refractivity contribution in [1.29, 1.82) is 0 Å². The Morgan fingerprint density at radius 2 is 1.43 bits per heavy atom. The SMILES string of the molecule is C[N+](C)(C)CCO.O.O=P([O-])([O-])[O-].[Ca+2]. The predicted octanol–water partition coefficient (Wildman–Crippen LogP) is -4.35. The van der Waals surface area contributed by atoms with E-state index in [1.54, 1.807) is 0 Å². The molecule has 0 atom stereocenters. The molecule has 3 N–H and O–H groups in total. The molecule has 0 rings (SSSR count). The summed E-state index contributed by atoms with van der Waals surface area (Å²) >= 11 is 0. The van der Waals surface area contributed by atoms with Crippen LogP contribution in [0, 0.1) is 0 Å². The number of hydrogen-bond acceptors (Lipinski definition) is 5. The molecule has 0 heterocycles. The quantitative estimate of drug-likeness (QED) is 0.302. The first-order valence-electron chi connectivity index (χ1n) is 3.20. The molecule has 0 bridgehead atoms. The first-order valence-corrected chi connectivity index (χ1v) is 4.66. The van der Waals surface area contributed by atoms with Gasteiger partial charge in [0.25, 0.3) is 0 Å². The number of aliphatic hydroxyl groups is 1. The molecular formula is C5H16CaNO6P. The molecule has 0 aliphatic rings. The third kappa shape index (κ3) is 72.1. The fourth-order valence-electron chi connectivity index (χ4n) is 0.300. The maximum absolute atomic E-state index is 8.55. The number of phosphoric acid groups is 1. The van der Waals surface area contributed by atoms with Gasteiger partial charge in [-0.3, -0.25) is 0 Å². The van der Waals surface area contributed by atoms with Gasteiger partial charge in [0.05, 0.1) is 27.7 Å². The third-order valence-electron chi connectivity index (χ3n) is 0.771. The second-order valence-corrected chi connectivity index (χ2v) is 4.08. The number of aliphatic hydroxyl groups excluding tert-OH is 1. The van der Waals surface area contributed by atoms with E-state index in [2.05, 4.69) is 21.1 Å². The zero-order chi connectivity index (χ0) is 10.4. The van der Waals surface area contributed by atoms with Gasteiger partial charge in [-0.25, -0.2) is 0 Å². The van der Waals surface area contributed by atoms with Gasteiger partial charge in [0, 0.05) is 0 Å². The Bertz CT molecular complexity index is 147. The van der Waals surface area contributed by atoms with Crippen molar-refractivity contribution in [2.45, 2.75) is 0 Å². The molecule has 0 amide bonds. The van der Waals surface area contributed by atoms with E-state index in [0.717, 1.165) is 11.0 Å². The zero-order valence-corrected chi connectivity index (χ0v) is 11.7. The standard InChI is InChI=1S/C5H14NO.Ca.H3O4P.H2O/c1-6(2,3)4-5-7;;1-5(2,3)4;/h7H,4-5H2,1-3H3;;(H3,1,2,3,4);1H2/q+1;+2;;/p-3. The molecule has 0 aliphatic carbocycles. The van der Waals surface area contributed by atoms with E-state index in [4.69, 9.17) is 24.4 Å². The number of likely N-dealkylation sites (N-methyl/N-ethyl adjacent to an activating group) is 1. The van der Waals surface area contributed by atoms with Crippen LogP contribution < -0.4 is 14.7 Å². The molecule has 0 aliphatic heterocycles. The van der Waals surface area contributed by atoms with E-state index >= 15 is 0 Å². The summed E-state index contributed by atoms with van der Waals surface area (Å²) in [5.41, 5.74) is 0. The Labute approximate surface area is 113 Å². The Balaban J connectivity index is -0.0000000651. The normalized spacial score (nSPS) is 10.2. The van der Waals surface area contributed by atoms with Crippen molar-refractivity contribution >= 4 is 45.6 Å². The second kappa shape index (κ2) is 10.8. The van der Waals surface area contributed by atoms with Crippen LogP contribution in [0.4, 0.5) is 0 Å². The largest absolute Gasteiger partial charge is 2.00 e. The van der Waals surface area contributed by atoms with Crippen molar-refractivity contribution in [3.63, 3.8) is 0 Å². The van der Waals surface area contributed by atoms with Crippen molar-refractivity contribution in [2.24, 2.45) is 0 Å². The number of quaternary nitrogens is 1. The van der Waals surface area contributed by atoms with Crippen LogP contribution in [0.15, 0.2) is 0 Å². The van der Waals surface area contributed by atoms with E-state index in [9.17, 15) is 0 Å². The van der Waals surface area contributed by atoms with Crippen LogP contribution in [0.3, 0.4) is 0 Å². The Kier molecular flexibility index (Phi) is 18.8. The van der Waals surface area contributed by atoms with Crippen molar-refractivity contribution in [1.82, 2.24) is 0 Å². The van der Waals surface area contributed by atoms with Gasteiger partial charge in [-0.2, -0.15) is 7.82 Å². The summed E-state index contributed by atoms with van der Waals surface area (Å²) < 4.78 is 9.39. The average molecular weight is 257 g/mol. The summed E-state index contributed by atoms with van der Waals surface area (Å²) in [6.45, 7) is 1.11. The number of nitrogens with zero attached hydrogens (tertiary/aromatic N) is 1. The minimum atomic E-state index is -5.39. The molecule has 14 heavy (non-hydrogen) atoms. The van der Waals surface area contributed by atoms with Gasteiger partial charge >= 0.3 is 37.7 Å². The molecule has 0 aromatic rings. The molecule has 7 nitrogen and oxygen atoms in total. The van der Waals surface area contributed by atoms with Gasteiger partial charge in [0.15, 0.2) is 0 Å². The van der Waals surface area contributed by atoms with Gasteiger partial charge in [0.2, 0.25) is 0 Å². The van der Waals surface area contributed by atoms with Gasteiger partial charge in [-0.05, 0) is 0 Å². The first-order chi connectivity index (χ1) is 5.06. The van der Waals surface area contributed by atoms with Crippen LogP contribution in [-0.4, -0.2) is 87.1 Å². The topological polar surface area (TPSA) is 138 Å². The molecule has 0 aromatic heterocycles. The van der Waals surface area contributed by atoms with Crippen LogP contribution in [0.1, 0.15) is 0 Å². The molecule has 0 aromatic carbocycles. The Hall–Kier alpha value is 1.25. The first kappa shape index (κ1) is 24.5. The minimum absolute atomic E-state index is 0. The minimum Gasteiger partial charge on any atom is -0.822 e. The number of rotatable bonds is 2. The summed E-state index contributed by atoms with van der Waals surface area (Å²) in [5, 5.41) is 8.39. The summed E-state index contributed by atoms with van der Waals surface area (Å²) in [6.07, 6.45) is 0. The van der Waals surface area contributed by atoms with Crippen LogP contribution >= 0.6 is 7.82 Å². The zero-order valence-electron chi connectivity index (χ0n) is 8.60. The molecule has 0 spiro atoms. The van der Waals surface area contributed by atoms with E-state index in [1.165, 1.54) is 0 Å². The molecule has 9 heteroatoms. The van der Waals surface area contributed by atoms with Crippen LogP contribution in [0.2, 0.25) is 0 Å². The Morgan fingerprint density at radius 1 is 1.21 bits per heavy atom. The smallest absolute Gasteiger partial charge is 0.822 e. The van der Waals surface area contributed by atoms with E-state index in [0.29, 0.717) is 0 Å². The predicted molar refractivity (Wildman–Crippen MR) is 47.0 cm³/mol. The molecule has 0 radical (unpaired) electrons. The van der Waals surface area contributed by atoms with Crippen molar-refractivity contribution < 1.29 is 34.3 Å².